The fourth-order valence-corrected chi connectivity index (χ4v) is 1.06. The first-order chi connectivity index (χ1) is 5.25. The van der Waals surface area contributed by atoms with E-state index in [1.165, 1.54) is 0 Å². The van der Waals surface area contributed by atoms with E-state index < -0.39 is 0 Å². The molecule has 1 atom stereocenters. The lowest BCUT2D eigenvalue weighted by atomic mass is 10.2. The van der Waals surface area contributed by atoms with Gasteiger partial charge in [-0.1, -0.05) is 11.6 Å². The van der Waals surface area contributed by atoms with E-state index in [-0.39, 0.29) is 6.10 Å². The van der Waals surface area contributed by atoms with Gasteiger partial charge >= 0.3 is 0 Å². The Morgan fingerprint density at radius 2 is 2.45 bits per heavy atom. The average Bonchev–Trinajstić information content (AvgIpc) is 2.04. The number of aromatic nitrogens is 1. The third-order valence-corrected chi connectivity index (χ3v) is 1.76. The second kappa shape index (κ2) is 3.67. The highest BCUT2D eigenvalue weighted by molar-refractivity contribution is 6.31. The van der Waals surface area contributed by atoms with E-state index in [0.717, 1.165) is 5.56 Å². The first kappa shape index (κ1) is 8.46. The van der Waals surface area contributed by atoms with E-state index in [0.29, 0.717) is 5.02 Å². The van der Waals surface area contributed by atoms with Crippen molar-refractivity contribution in [3.63, 3.8) is 0 Å². The normalized spacial score (nSPS) is 13.0. The predicted molar refractivity (Wildman–Crippen MR) is 42.9 cm³/mol. The lowest BCUT2D eigenvalue weighted by Crippen LogP contribution is -2.05. The van der Waals surface area contributed by atoms with Crippen LogP contribution >= 0.6 is 11.6 Å². The lowest BCUT2D eigenvalue weighted by Gasteiger charge is -2.09. The van der Waals surface area contributed by atoms with Crippen molar-refractivity contribution >= 4 is 11.6 Å². The third-order valence-electron chi connectivity index (χ3n) is 1.45. The van der Waals surface area contributed by atoms with Crippen LogP contribution in [-0.2, 0) is 4.84 Å². The second-order valence-corrected chi connectivity index (χ2v) is 2.58. The standard InChI is InChI=1S/C7H9ClN2O/c1-5(11-9)6-2-3-10-4-7(6)8/h2-5H,9H2,1H3. The van der Waals surface area contributed by atoms with E-state index in [9.17, 15) is 0 Å². The van der Waals surface area contributed by atoms with Crippen LogP contribution in [0.4, 0.5) is 0 Å². The molecule has 0 saturated heterocycles. The van der Waals surface area contributed by atoms with Crippen molar-refractivity contribution in [3.8, 4) is 0 Å². The van der Waals surface area contributed by atoms with Crippen LogP contribution in [0.1, 0.15) is 18.6 Å². The van der Waals surface area contributed by atoms with Gasteiger partial charge in [0.05, 0.1) is 5.02 Å². The number of hydrogen-bond donors (Lipinski definition) is 1. The molecule has 0 saturated carbocycles. The van der Waals surface area contributed by atoms with Crippen molar-refractivity contribution in [1.82, 2.24) is 4.98 Å². The summed E-state index contributed by atoms with van der Waals surface area (Å²) >= 11 is 5.80. The Bertz CT molecular complexity index is 242. The van der Waals surface area contributed by atoms with Crippen molar-refractivity contribution in [2.24, 2.45) is 5.90 Å². The maximum Gasteiger partial charge on any atom is 0.102 e. The molecule has 11 heavy (non-hydrogen) atoms. The van der Waals surface area contributed by atoms with Crippen molar-refractivity contribution in [3.05, 3.63) is 29.0 Å². The molecule has 4 heteroatoms. The van der Waals surface area contributed by atoms with Crippen molar-refractivity contribution < 1.29 is 4.84 Å². The van der Waals surface area contributed by atoms with Crippen molar-refractivity contribution in [2.75, 3.05) is 0 Å². The van der Waals surface area contributed by atoms with Gasteiger partial charge in [0.25, 0.3) is 0 Å². The molecule has 0 aliphatic carbocycles. The average molecular weight is 173 g/mol. The summed E-state index contributed by atoms with van der Waals surface area (Å²) in [4.78, 5) is 8.44. The lowest BCUT2D eigenvalue weighted by molar-refractivity contribution is 0.0664. The van der Waals surface area contributed by atoms with Gasteiger partial charge in [0.15, 0.2) is 0 Å². The van der Waals surface area contributed by atoms with Gasteiger partial charge in [-0.05, 0) is 13.0 Å². The molecule has 60 valence electrons. The number of nitrogens with zero attached hydrogens (tertiary/aromatic N) is 1. The Balaban J connectivity index is 2.93. The monoisotopic (exact) mass is 172 g/mol. The molecule has 0 spiro atoms. The topological polar surface area (TPSA) is 48.1 Å². The molecule has 1 rings (SSSR count). The fourth-order valence-electron chi connectivity index (χ4n) is 0.789. The maximum atomic E-state index is 5.80. The number of nitrogens with two attached hydrogens (primary N) is 1. The van der Waals surface area contributed by atoms with Gasteiger partial charge < -0.3 is 0 Å². The van der Waals surface area contributed by atoms with Gasteiger partial charge in [0.2, 0.25) is 0 Å². The summed E-state index contributed by atoms with van der Waals surface area (Å²) in [6.07, 6.45) is 3.02. The quantitative estimate of drug-likeness (QED) is 0.691. The highest BCUT2D eigenvalue weighted by Crippen LogP contribution is 2.22. The summed E-state index contributed by atoms with van der Waals surface area (Å²) in [7, 11) is 0. The molecule has 0 bridgehead atoms. The molecule has 0 radical (unpaired) electrons. The minimum absolute atomic E-state index is 0.189. The molecule has 1 unspecified atom stereocenters. The van der Waals surface area contributed by atoms with Crippen LogP contribution in [0.3, 0.4) is 0 Å². The Kier molecular flexibility index (Phi) is 2.82. The zero-order valence-electron chi connectivity index (χ0n) is 6.12. The summed E-state index contributed by atoms with van der Waals surface area (Å²) in [5.74, 6) is 4.99. The SMILES string of the molecule is CC(ON)c1ccncc1Cl. The molecule has 3 nitrogen and oxygen atoms in total. The van der Waals surface area contributed by atoms with Gasteiger partial charge in [0.1, 0.15) is 6.10 Å². The van der Waals surface area contributed by atoms with E-state index in [4.69, 9.17) is 17.5 Å². The first-order valence-electron chi connectivity index (χ1n) is 3.20. The molecule has 1 aromatic rings. The van der Waals surface area contributed by atoms with Crippen LogP contribution in [0, 0.1) is 0 Å². The van der Waals surface area contributed by atoms with Crippen molar-refractivity contribution in [2.45, 2.75) is 13.0 Å². The number of hydrogen-bond acceptors (Lipinski definition) is 3. The van der Waals surface area contributed by atoms with Crippen LogP contribution in [0.15, 0.2) is 18.5 Å². The third kappa shape index (κ3) is 1.89. The largest absolute Gasteiger partial charge is 0.297 e. The predicted octanol–water partition coefficient (Wildman–Crippen LogP) is 1.69. The summed E-state index contributed by atoms with van der Waals surface area (Å²) in [6.45, 7) is 1.82. The van der Waals surface area contributed by atoms with E-state index in [1.807, 2.05) is 6.92 Å². The zero-order chi connectivity index (χ0) is 8.27. The summed E-state index contributed by atoms with van der Waals surface area (Å²) in [5, 5.41) is 0.574. The maximum absolute atomic E-state index is 5.80. The Morgan fingerprint density at radius 3 is 3.00 bits per heavy atom. The molecule has 1 heterocycles. The minimum atomic E-state index is -0.189. The summed E-state index contributed by atoms with van der Waals surface area (Å²) in [5.41, 5.74) is 0.851. The fraction of sp³-hybridized carbons (Fsp3) is 0.286. The van der Waals surface area contributed by atoms with E-state index in [1.54, 1.807) is 18.5 Å². The van der Waals surface area contributed by atoms with Gasteiger partial charge in [0, 0.05) is 18.0 Å². The van der Waals surface area contributed by atoms with Crippen LogP contribution in [0.25, 0.3) is 0 Å². The van der Waals surface area contributed by atoms with Crippen LogP contribution < -0.4 is 5.90 Å². The molecule has 0 amide bonds. The Morgan fingerprint density at radius 1 is 1.73 bits per heavy atom. The highest BCUT2D eigenvalue weighted by Gasteiger charge is 2.07. The van der Waals surface area contributed by atoms with Crippen LogP contribution in [0.2, 0.25) is 5.02 Å². The van der Waals surface area contributed by atoms with Gasteiger partial charge in [-0.25, -0.2) is 5.90 Å². The molecule has 0 aromatic carbocycles. The first-order valence-corrected chi connectivity index (χ1v) is 3.58. The van der Waals surface area contributed by atoms with Gasteiger partial charge in [-0.3, -0.25) is 9.82 Å². The molecular weight excluding hydrogens is 164 g/mol. The molecule has 0 fully saturated rings. The molecule has 1 aromatic heterocycles. The molecule has 0 aliphatic rings. The smallest absolute Gasteiger partial charge is 0.102 e. The van der Waals surface area contributed by atoms with Crippen molar-refractivity contribution in [1.29, 1.82) is 0 Å². The van der Waals surface area contributed by atoms with Crippen LogP contribution in [-0.4, -0.2) is 4.98 Å². The molecular formula is C7H9ClN2O. The Hall–Kier alpha value is -0.640. The zero-order valence-corrected chi connectivity index (χ0v) is 6.88. The minimum Gasteiger partial charge on any atom is -0.297 e. The molecule has 2 N–H and O–H groups in total. The van der Waals surface area contributed by atoms with Crippen LogP contribution in [0.5, 0.6) is 0 Å². The summed E-state index contributed by atoms with van der Waals surface area (Å²) < 4.78 is 0. The Labute approximate surface area is 70.1 Å². The molecule has 0 aliphatic heterocycles. The van der Waals surface area contributed by atoms with Gasteiger partial charge in [-0.2, -0.15) is 0 Å². The second-order valence-electron chi connectivity index (χ2n) is 2.18. The highest BCUT2D eigenvalue weighted by atomic mass is 35.5. The summed E-state index contributed by atoms with van der Waals surface area (Å²) in [6, 6.07) is 1.78. The van der Waals surface area contributed by atoms with Gasteiger partial charge in [-0.15, -0.1) is 0 Å². The number of halogens is 1. The number of pyridine rings is 1. The van der Waals surface area contributed by atoms with E-state index in [2.05, 4.69) is 9.82 Å². The van der Waals surface area contributed by atoms with E-state index >= 15 is 0 Å². The number of rotatable bonds is 2.